The second-order valence-electron chi connectivity index (χ2n) is 5.21. The van der Waals surface area contributed by atoms with Gasteiger partial charge in [-0.25, -0.2) is 4.98 Å². The fourth-order valence-electron chi connectivity index (χ4n) is 1.91. The quantitative estimate of drug-likeness (QED) is 0.359. The van der Waals surface area contributed by atoms with Gasteiger partial charge in [-0.2, -0.15) is 13.2 Å². The van der Waals surface area contributed by atoms with E-state index in [1.807, 2.05) is 5.38 Å². The van der Waals surface area contributed by atoms with Crippen molar-refractivity contribution in [2.24, 2.45) is 4.99 Å². The van der Waals surface area contributed by atoms with E-state index in [-0.39, 0.29) is 29.9 Å². The molecule has 0 aliphatic rings. The third-order valence-corrected chi connectivity index (χ3v) is 4.27. The van der Waals surface area contributed by atoms with Crippen LogP contribution in [0.1, 0.15) is 16.0 Å². The van der Waals surface area contributed by atoms with Gasteiger partial charge < -0.3 is 15.4 Å². The number of alkyl halides is 3. The predicted molar refractivity (Wildman–Crippen MR) is 107 cm³/mol. The summed E-state index contributed by atoms with van der Waals surface area (Å²) >= 11 is 1.68. The predicted octanol–water partition coefficient (Wildman–Crippen LogP) is 3.88. The molecule has 0 aromatic carbocycles. The summed E-state index contributed by atoms with van der Waals surface area (Å²) in [7, 11) is 1.67. The maximum absolute atomic E-state index is 12.1. The fourth-order valence-corrected chi connectivity index (χ4v) is 2.76. The van der Waals surface area contributed by atoms with Crippen molar-refractivity contribution in [2.75, 3.05) is 13.7 Å². The highest BCUT2D eigenvalue weighted by molar-refractivity contribution is 14.0. The first-order valence-electron chi connectivity index (χ1n) is 7.49. The van der Waals surface area contributed by atoms with Crippen molar-refractivity contribution in [3.05, 3.63) is 45.8 Å². The van der Waals surface area contributed by atoms with E-state index in [9.17, 15) is 13.2 Å². The third kappa shape index (κ3) is 7.77. The second kappa shape index (κ2) is 10.6. The molecule has 10 heteroatoms. The number of guanidine groups is 1. The molecule has 26 heavy (non-hydrogen) atoms. The number of nitrogens with zero attached hydrogens (tertiary/aromatic N) is 2. The summed E-state index contributed by atoms with van der Waals surface area (Å²) in [6, 6.07) is 5.13. The van der Waals surface area contributed by atoms with Crippen molar-refractivity contribution in [1.82, 2.24) is 15.6 Å². The van der Waals surface area contributed by atoms with Gasteiger partial charge in [-0.05, 0) is 29.5 Å². The molecule has 5 nitrogen and oxygen atoms in total. The van der Waals surface area contributed by atoms with Crippen molar-refractivity contribution >= 4 is 41.3 Å². The van der Waals surface area contributed by atoms with Gasteiger partial charge in [-0.15, -0.1) is 35.3 Å². The Bertz CT molecular complexity index is 704. The van der Waals surface area contributed by atoms with E-state index >= 15 is 0 Å². The van der Waals surface area contributed by atoms with E-state index in [1.165, 1.54) is 22.7 Å². The first kappa shape index (κ1) is 22.5. The minimum atomic E-state index is -4.37. The van der Waals surface area contributed by atoms with Crippen molar-refractivity contribution < 1.29 is 17.9 Å². The number of rotatable bonds is 6. The maximum atomic E-state index is 12.1. The van der Waals surface area contributed by atoms with E-state index in [2.05, 4.69) is 38.3 Å². The van der Waals surface area contributed by atoms with Gasteiger partial charge >= 0.3 is 6.18 Å². The highest BCUT2D eigenvalue weighted by Gasteiger charge is 2.28. The van der Waals surface area contributed by atoms with Gasteiger partial charge in [0, 0.05) is 30.7 Å². The highest BCUT2D eigenvalue weighted by Crippen LogP contribution is 2.17. The second-order valence-corrected chi connectivity index (χ2v) is 6.22. The van der Waals surface area contributed by atoms with Crippen LogP contribution in [0.15, 0.2) is 34.8 Å². The van der Waals surface area contributed by atoms with Crippen molar-refractivity contribution in [3.63, 3.8) is 0 Å². The van der Waals surface area contributed by atoms with Crippen LogP contribution in [0.4, 0.5) is 13.2 Å². The summed E-state index contributed by atoms with van der Waals surface area (Å²) in [5.41, 5.74) is 2.03. The van der Waals surface area contributed by atoms with Crippen molar-refractivity contribution in [3.8, 4) is 5.88 Å². The molecule has 0 fully saturated rings. The fraction of sp³-hybridized carbons (Fsp3) is 0.375. The molecule has 2 N–H and O–H groups in total. The van der Waals surface area contributed by atoms with Crippen LogP contribution in [0.3, 0.4) is 0 Å². The lowest BCUT2D eigenvalue weighted by Crippen LogP contribution is -2.36. The Morgan fingerprint density at radius 3 is 2.50 bits per heavy atom. The van der Waals surface area contributed by atoms with E-state index in [0.29, 0.717) is 19.0 Å². The molecule has 2 aromatic rings. The Balaban J connectivity index is 0.00000338. The van der Waals surface area contributed by atoms with Crippen LogP contribution >= 0.6 is 35.3 Å². The lowest BCUT2D eigenvalue weighted by Gasteiger charge is -2.12. The van der Waals surface area contributed by atoms with Crippen LogP contribution in [-0.4, -0.2) is 30.8 Å². The summed E-state index contributed by atoms with van der Waals surface area (Å²) in [6.45, 7) is 1.81. The number of aryl methyl sites for hydroxylation is 1. The largest absolute Gasteiger partial charge is 0.468 e. The molecular weight excluding hydrogens is 480 g/mol. The first-order chi connectivity index (χ1) is 11.9. The van der Waals surface area contributed by atoms with Gasteiger partial charge in [0.15, 0.2) is 12.6 Å². The number of pyridine rings is 1. The van der Waals surface area contributed by atoms with E-state index in [1.54, 1.807) is 24.5 Å². The summed E-state index contributed by atoms with van der Waals surface area (Å²) in [6.07, 6.45) is -2.91. The zero-order valence-corrected chi connectivity index (χ0v) is 17.4. The first-order valence-corrected chi connectivity index (χ1v) is 8.37. The number of hydrogen-bond acceptors (Lipinski definition) is 4. The smallest absolute Gasteiger partial charge is 0.422 e. The Hall–Kier alpha value is -1.56. The molecule has 2 heterocycles. The SMILES string of the molecule is CN=C(NCc1ccc(OCC(F)(F)F)nc1)NCc1sccc1C.I. The van der Waals surface area contributed by atoms with Crippen LogP contribution in [0.2, 0.25) is 0 Å². The lowest BCUT2D eigenvalue weighted by atomic mass is 10.3. The summed E-state index contributed by atoms with van der Waals surface area (Å²) < 4.78 is 40.8. The minimum Gasteiger partial charge on any atom is -0.468 e. The molecule has 0 amide bonds. The van der Waals surface area contributed by atoms with Crippen LogP contribution < -0.4 is 15.4 Å². The topological polar surface area (TPSA) is 58.5 Å². The van der Waals surface area contributed by atoms with Crippen molar-refractivity contribution in [1.29, 1.82) is 0 Å². The lowest BCUT2D eigenvalue weighted by molar-refractivity contribution is -0.154. The molecule has 0 atom stereocenters. The van der Waals surface area contributed by atoms with Crippen LogP contribution in [0, 0.1) is 6.92 Å². The molecule has 144 valence electrons. The Morgan fingerprint density at radius 1 is 1.23 bits per heavy atom. The Labute approximate surface area is 171 Å². The average Bonchev–Trinajstić information content (AvgIpc) is 2.98. The molecule has 0 aliphatic carbocycles. The molecule has 0 radical (unpaired) electrons. The number of nitrogens with one attached hydrogen (secondary N) is 2. The van der Waals surface area contributed by atoms with Crippen LogP contribution in [0.25, 0.3) is 0 Å². The molecule has 2 aromatic heterocycles. The van der Waals surface area contributed by atoms with E-state index in [0.717, 1.165) is 5.56 Å². The third-order valence-electron chi connectivity index (χ3n) is 3.25. The number of aliphatic imine (C=N–C) groups is 1. The number of thiophene rings is 1. The average molecular weight is 500 g/mol. The van der Waals surface area contributed by atoms with Crippen LogP contribution in [0.5, 0.6) is 5.88 Å². The Morgan fingerprint density at radius 2 is 1.96 bits per heavy atom. The van der Waals surface area contributed by atoms with E-state index in [4.69, 9.17) is 0 Å². The highest BCUT2D eigenvalue weighted by atomic mass is 127. The molecule has 2 rings (SSSR count). The standard InChI is InChI=1S/C16H19F3N4OS.HI/c1-11-5-6-25-13(11)9-23-15(20-2)22-8-12-3-4-14(21-7-12)24-10-16(17,18)19;/h3-7H,8-10H2,1-2H3,(H2,20,22,23);1H. The Kier molecular flexibility index (Phi) is 9.13. The zero-order valence-electron chi connectivity index (χ0n) is 14.3. The minimum absolute atomic E-state index is 0. The zero-order chi connectivity index (χ0) is 18.3. The van der Waals surface area contributed by atoms with Gasteiger partial charge in [0.2, 0.25) is 5.88 Å². The number of ether oxygens (including phenoxy) is 1. The summed E-state index contributed by atoms with van der Waals surface area (Å²) in [4.78, 5) is 9.23. The molecule has 0 unspecified atom stereocenters. The molecule has 0 bridgehead atoms. The monoisotopic (exact) mass is 500 g/mol. The normalized spacial score (nSPS) is 11.7. The number of halogens is 4. The molecular formula is C16H20F3IN4OS. The van der Waals surface area contributed by atoms with Gasteiger partial charge in [0.25, 0.3) is 0 Å². The van der Waals surface area contributed by atoms with Crippen molar-refractivity contribution in [2.45, 2.75) is 26.2 Å². The van der Waals surface area contributed by atoms with Gasteiger partial charge in [0.05, 0.1) is 6.54 Å². The number of aromatic nitrogens is 1. The molecule has 0 spiro atoms. The summed E-state index contributed by atoms with van der Waals surface area (Å²) in [5, 5.41) is 8.37. The molecule has 0 saturated carbocycles. The molecule has 0 saturated heterocycles. The summed E-state index contributed by atoms with van der Waals surface area (Å²) in [5.74, 6) is 0.571. The molecule has 0 aliphatic heterocycles. The van der Waals surface area contributed by atoms with Gasteiger partial charge in [-0.3, -0.25) is 4.99 Å². The van der Waals surface area contributed by atoms with Gasteiger partial charge in [0.1, 0.15) is 0 Å². The maximum Gasteiger partial charge on any atom is 0.422 e. The van der Waals surface area contributed by atoms with E-state index < -0.39 is 12.8 Å². The van der Waals surface area contributed by atoms with Crippen LogP contribution in [-0.2, 0) is 13.1 Å². The van der Waals surface area contributed by atoms with Gasteiger partial charge in [-0.1, -0.05) is 6.07 Å². The number of hydrogen-bond donors (Lipinski definition) is 2.